The van der Waals surface area contributed by atoms with Crippen molar-refractivity contribution in [3.63, 3.8) is 0 Å². The predicted molar refractivity (Wildman–Crippen MR) is 81.7 cm³/mol. The zero-order valence-corrected chi connectivity index (χ0v) is 12.9. The van der Waals surface area contributed by atoms with Crippen LogP contribution < -0.4 is 5.32 Å². The van der Waals surface area contributed by atoms with Crippen molar-refractivity contribution in [1.82, 2.24) is 5.32 Å². The lowest BCUT2D eigenvalue weighted by molar-refractivity contribution is 0.484. The average molecular weight is 316 g/mol. The van der Waals surface area contributed by atoms with Gasteiger partial charge in [-0.3, -0.25) is 0 Å². The molecule has 1 nitrogen and oxygen atoms in total. The number of rotatable bonds is 9. The second-order valence-electron chi connectivity index (χ2n) is 4.22. The van der Waals surface area contributed by atoms with Crippen molar-refractivity contribution < 1.29 is 0 Å². The lowest BCUT2D eigenvalue weighted by Crippen LogP contribution is -2.20. The van der Waals surface area contributed by atoms with Crippen molar-refractivity contribution in [3.05, 3.63) is 33.5 Å². The predicted octanol–water partition coefficient (Wildman–Crippen LogP) is 5.30. The normalized spacial score (nSPS) is 12.6. The lowest BCUT2D eigenvalue weighted by atomic mass is 10.0. The summed E-state index contributed by atoms with van der Waals surface area (Å²) in [6.45, 7) is 6.96. The van der Waals surface area contributed by atoms with Gasteiger partial charge in [0.15, 0.2) is 0 Å². The molecule has 1 rings (SSSR count). The molecule has 0 spiro atoms. The van der Waals surface area contributed by atoms with E-state index in [0.29, 0.717) is 6.04 Å². The molecule has 0 fully saturated rings. The number of thiophene rings is 1. The van der Waals surface area contributed by atoms with Crippen LogP contribution in [-0.4, -0.2) is 6.54 Å². The van der Waals surface area contributed by atoms with E-state index in [1.165, 1.54) is 35.0 Å². The Bertz CT molecular complexity index is 322. The van der Waals surface area contributed by atoms with Crippen LogP contribution in [0.4, 0.5) is 0 Å². The second-order valence-corrected chi connectivity index (χ2v) is 6.51. The first-order valence-corrected chi connectivity index (χ1v) is 8.03. The second kappa shape index (κ2) is 8.90. The van der Waals surface area contributed by atoms with Gasteiger partial charge in [0.2, 0.25) is 0 Å². The molecule has 1 N–H and O–H groups in total. The van der Waals surface area contributed by atoms with Crippen LogP contribution in [0, 0.1) is 0 Å². The number of unbranched alkanes of at least 4 members (excludes halogenated alkanes) is 3. The molecule has 96 valence electrons. The molecular weight excluding hydrogens is 294 g/mol. The highest BCUT2D eigenvalue weighted by atomic mass is 79.9. The highest BCUT2D eigenvalue weighted by molar-refractivity contribution is 9.11. The molecule has 0 radical (unpaired) electrons. The summed E-state index contributed by atoms with van der Waals surface area (Å²) in [5, 5.41) is 5.82. The summed E-state index contributed by atoms with van der Waals surface area (Å²) in [6.07, 6.45) is 8.26. The van der Waals surface area contributed by atoms with Crippen LogP contribution >= 0.6 is 27.3 Å². The van der Waals surface area contributed by atoms with Crippen LogP contribution in [0.3, 0.4) is 0 Å². The van der Waals surface area contributed by atoms with Crippen molar-refractivity contribution in [2.24, 2.45) is 0 Å². The van der Waals surface area contributed by atoms with Crippen molar-refractivity contribution in [2.45, 2.75) is 45.1 Å². The maximum atomic E-state index is 3.76. The molecule has 0 aliphatic carbocycles. The van der Waals surface area contributed by atoms with Gasteiger partial charge in [-0.25, -0.2) is 0 Å². The van der Waals surface area contributed by atoms with Crippen LogP contribution in [0.15, 0.2) is 27.9 Å². The van der Waals surface area contributed by atoms with Gasteiger partial charge < -0.3 is 5.32 Å². The van der Waals surface area contributed by atoms with E-state index in [0.717, 1.165) is 13.0 Å². The molecule has 0 aliphatic heterocycles. The topological polar surface area (TPSA) is 12.0 Å². The fourth-order valence-corrected chi connectivity index (χ4v) is 3.18. The summed E-state index contributed by atoms with van der Waals surface area (Å²) in [4.78, 5) is 0. The van der Waals surface area contributed by atoms with Gasteiger partial charge in [0.05, 0.1) is 3.79 Å². The summed E-state index contributed by atoms with van der Waals surface area (Å²) in [6, 6.07) is 2.76. The van der Waals surface area contributed by atoms with E-state index in [-0.39, 0.29) is 0 Å². The minimum atomic E-state index is 0.520. The van der Waals surface area contributed by atoms with Gasteiger partial charge in [0, 0.05) is 6.04 Å². The standard InChI is InChI=1S/C14H22BrNS/c1-3-5-6-7-8-9-13(16-4-2)12-10-14(15)17-11-12/h3,10-11,13,16H,1,4-9H2,2H3. The van der Waals surface area contributed by atoms with Crippen LogP contribution in [0.1, 0.15) is 50.6 Å². The van der Waals surface area contributed by atoms with Crippen LogP contribution in [-0.2, 0) is 0 Å². The molecule has 1 aromatic heterocycles. The summed E-state index contributed by atoms with van der Waals surface area (Å²) < 4.78 is 1.22. The Morgan fingerprint density at radius 3 is 2.88 bits per heavy atom. The first kappa shape index (κ1) is 14.9. The zero-order chi connectivity index (χ0) is 12.5. The summed E-state index contributed by atoms with van der Waals surface area (Å²) in [7, 11) is 0. The molecule has 1 aromatic rings. The minimum absolute atomic E-state index is 0.520. The highest BCUT2D eigenvalue weighted by Gasteiger charge is 2.11. The maximum Gasteiger partial charge on any atom is 0.0701 e. The molecule has 0 saturated heterocycles. The number of nitrogens with one attached hydrogen (secondary N) is 1. The van der Waals surface area contributed by atoms with Crippen molar-refractivity contribution in [1.29, 1.82) is 0 Å². The van der Waals surface area contributed by atoms with Gasteiger partial charge in [-0.15, -0.1) is 17.9 Å². The average Bonchev–Trinajstić information content (AvgIpc) is 2.74. The molecule has 1 unspecified atom stereocenters. The summed E-state index contributed by atoms with van der Waals surface area (Å²) >= 11 is 5.30. The number of hydrogen-bond acceptors (Lipinski definition) is 2. The quantitative estimate of drug-likeness (QED) is 0.481. The van der Waals surface area contributed by atoms with Crippen LogP contribution in [0.25, 0.3) is 0 Å². The Morgan fingerprint density at radius 2 is 2.29 bits per heavy atom. The van der Waals surface area contributed by atoms with Gasteiger partial charge in [-0.05, 0) is 58.7 Å². The Balaban J connectivity index is 2.35. The first-order valence-electron chi connectivity index (χ1n) is 6.36. The zero-order valence-electron chi connectivity index (χ0n) is 10.5. The Kier molecular flexibility index (Phi) is 7.82. The van der Waals surface area contributed by atoms with Crippen molar-refractivity contribution in [3.8, 4) is 0 Å². The van der Waals surface area contributed by atoms with E-state index in [2.05, 4.69) is 46.2 Å². The minimum Gasteiger partial charge on any atom is -0.310 e. The fraction of sp³-hybridized carbons (Fsp3) is 0.571. The van der Waals surface area contributed by atoms with E-state index in [1.807, 2.05) is 6.08 Å². The molecule has 0 amide bonds. The number of hydrogen-bond donors (Lipinski definition) is 1. The largest absolute Gasteiger partial charge is 0.310 e. The summed E-state index contributed by atoms with van der Waals surface area (Å²) in [5.41, 5.74) is 1.42. The molecular formula is C14H22BrNS. The van der Waals surface area contributed by atoms with Gasteiger partial charge in [0.1, 0.15) is 0 Å². The van der Waals surface area contributed by atoms with E-state index >= 15 is 0 Å². The van der Waals surface area contributed by atoms with Crippen LogP contribution in [0.2, 0.25) is 0 Å². The smallest absolute Gasteiger partial charge is 0.0701 e. The number of halogens is 1. The molecule has 0 aromatic carbocycles. The van der Waals surface area contributed by atoms with Gasteiger partial charge in [-0.2, -0.15) is 0 Å². The molecule has 1 atom stereocenters. The fourth-order valence-electron chi connectivity index (χ4n) is 1.95. The Morgan fingerprint density at radius 1 is 1.47 bits per heavy atom. The van der Waals surface area contributed by atoms with Crippen molar-refractivity contribution >= 4 is 27.3 Å². The third-order valence-electron chi connectivity index (χ3n) is 2.84. The van der Waals surface area contributed by atoms with Crippen molar-refractivity contribution in [2.75, 3.05) is 6.54 Å². The summed E-state index contributed by atoms with van der Waals surface area (Å²) in [5.74, 6) is 0. The lowest BCUT2D eigenvalue weighted by Gasteiger charge is -2.16. The monoisotopic (exact) mass is 315 g/mol. The van der Waals surface area contributed by atoms with Crippen LogP contribution in [0.5, 0.6) is 0 Å². The Hall–Kier alpha value is -0.120. The van der Waals surface area contributed by atoms with E-state index in [1.54, 1.807) is 11.3 Å². The third kappa shape index (κ3) is 5.84. The molecule has 0 aliphatic rings. The van der Waals surface area contributed by atoms with E-state index in [9.17, 15) is 0 Å². The highest BCUT2D eigenvalue weighted by Crippen LogP contribution is 2.28. The van der Waals surface area contributed by atoms with E-state index in [4.69, 9.17) is 0 Å². The Labute approximate surface area is 117 Å². The molecule has 1 heterocycles. The maximum absolute atomic E-state index is 3.76. The number of allylic oxidation sites excluding steroid dienone is 1. The van der Waals surface area contributed by atoms with Gasteiger partial charge in [-0.1, -0.05) is 25.8 Å². The molecule has 0 bridgehead atoms. The molecule has 3 heteroatoms. The SMILES string of the molecule is C=CCCCCCC(NCC)c1csc(Br)c1. The first-order chi connectivity index (χ1) is 8.27. The van der Waals surface area contributed by atoms with E-state index < -0.39 is 0 Å². The van der Waals surface area contributed by atoms with Gasteiger partial charge in [0.25, 0.3) is 0 Å². The molecule has 0 saturated carbocycles. The molecule has 17 heavy (non-hydrogen) atoms. The van der Waals surface area contributed by atoms with Gasteiger partial charge >= 0.3 is 0 Å². The third-order valence-corrected chi connectivity index (χ3v) is 4.36.